The zero-order valence-corrected chi connectivity index (χ0v) is 19.4. The highest BCUT2D eigenvalue weighted by atomic mass is 16.5. The van der Waals surface area contributed by atoms with Gasteiger partial charge in [0.1, 0.15) is 12.4 Å². The topological polar surface area (TPSA) is 65.4 Å². The molecule has 0 saturated heterocycles. The molecular formula is C26H33N3O3. The number of amides is 1. The summed E-state index contributed by atoms with van der Waals surface area (Å²) in [7, 11) is 1.88. The quantitative estimate of drug-likeness (QED) is 0.704. The Kier molecular flexibility index (Phi) is 4.33. The minimum atomic E-state index is -0.155. The van der Waals surface area contributed by atoms with Gasteiger partial charge in [0.15, 0.2) is 5.69 Å². The van der Waals surface area contributed by atoms with Crippen molar-refractivity contribution in [1.29, 1.82) is 0 Å². The predicted molar refractivity (Wildman–Crippen MR) is 121 cm³/mol. The van der Waals surface area contributed by atoms with Gasteiger partial charge >= 0.3 is 0 Å². The minimum Gasteiger partial charge on any atom is -0.488 e. The number of rotatable bonds is 5. The van der Waals surface area contributed by atoms with Gasteiger partial charge in [-0.2, -0.15) is 5.10 Å². The van der Waals surface area contributed by atoms with Crippen molar-refractivity contribution < 1.29 is 14.3 Å². The van der Waals surface area contributed by atoms with E-state index in [4.69, 9.17) is 9.47 Å². The molecule has 2 aromatic rings. The van der Waals surface area contributed by atoms with Crippen LogP contribution in [0.1, 0.15) is 68.4 Å². The second-order valence-corrected chi connectivity index (χ2v) is 11.5. The maximum Gasteiger partial charge on any atom is 0.272 e. The molecule has 1 N–H and O–H groups in total. The molecule has 1 amide bonds. The summed E-state index contributed by atoms with van der Waals surface area (Å²) < 4.78 is 14.2. The first-order valence-corrected chi connectivity index (χ1v) is 12.0. The van der Waals surface area contributed by atoms with Gasteiger partial charge in [-0.25, -0.2) is 0 Å². The van der Waals surface area contributed by atoms with Crippen LogP contribution in [0.4, 0.5) is 0 Å². The summed E-state index contributed by atoms with van der Waals surface area (Å²) in [4.78, 5) is 13.0. The van der Waals surface area contributed by atoms with Crippen LogP contribution in [0.15, 0.2) is 24.3 Å². The van der Waals surface area contributed by atoms with E-state index >= 15 is 0 Å². The SMILES string of the molecule is Cn1nc(C(=O)NCCOC23CC4C[C@@](C)(C2)C[C@](C)(C4)C3)c2c1-c1ccccc1OC2. The van der Waals surface area contributed by atoms with Crippen molar-refractivity contribution in [3.63, 3.8) is 0 Å². The number of aryl methyl sites for hydroxylation is 1. The van der Waals surface area contributed by atoms with Gasteiger partial charge in [0.25, 0.3) is 5.91 Å². The van der Waals surface area contributed by atoms with Crippen molar-refractivity contribution in [1.82, 2.24) is 15.1 Å². The second-order valence-electron chi connectivity index (χ2n) is 11.5. The van der Waals surface area contributed by atoms with E-state index in [1.807, 2.05) is 31.3 Å². The average Bonchev–Trinajstić information content (AvgIpc) is 3.05. The van der Waals surface area contributed by atoms with E-state index in [9.17, 15) is 4.79 Å². The fraction of sp³-hybridized carbons (Fsp3) is 0.615. The Hall–Kier alpha value is -2.34. The van der Waals surface area contributed by atoms with Crippen LogP contribution in [-0.4, -0.2) is 34.4 Å². The van der Waals surface area contributed by atoms with E-state index in [0.717, 1.165) is 28.5 Å². The van der Waals surface area contributed by atoms with Crippen molar-refractivity contribution >= 4 is 5.91 Å². The Morgan fingerprint density at radius 1 is 1.19 bits per heavy atom. The Bertz CT molecular complexity index is 1070. The van der Waals surface area contributed by atoms with E-state index < -0.39 is 0 Å². The summed E-state index contributed by atoms with van der Waals surface area (Å²) in [6, 6.07) is 7.90. The molecule has 4 atom stereocenters. The van der Waals surface area contributed by atoms with Crippen LogP contribution in [0, 0.1) is 16.7 Å². The number of nitrogens with zero attached hydrogens (tertiary/aromatic N) is 2. The molecule has 4 bridgehead atoms. The lowest BCUT2D eigenvalue weighted by atomic mass is 9.43. The molecule has 1 aromatic carbocycles. The van der Waals surface area contributed by atoms with Gasteiger partial charge in [-0.3, -0.25) is 9.48 Å². The highest BCUT2D eigenvalue weighted by molar-refractivity contribution is 5.96. The lowest BCUT2D eigenvalue weighted by Crippen LogP contribution is -2.59. The fourth-order valence-electron chi connectivity index (χ4n) is 8.18. The van der Waals surface area contributed by atoms with E-state index in [0.29, 0.717) is 36.3 Å². The molecule has 7 rings (SSSR count). The summed E-state index contributed by atoms with van der Waals surface area (Å²) >= 11 is 0. The van der Waals surface area contributed by atoms with Gasteiger partial charge < -0.3 is 14.8 Å². The molecule has 170 valence electrons. The molecule has 4 aliphatic carbocycles. The smallest absolute Gasteiger partial charge is 0.272 e. The Morgan fingerprint density at radius 3 is 2.69 bits per heavy atom. The molecule has 6 nitrogen and oxygen atoms in total. The molecule has 1 aliphatic heterocycles. The number of carbonyl (C=O) groups is 1. The average molecular weight is 436 g/mol. The third-order valence-electron chi connectivity index (χ3n) is 8.25. The second kappa shape index (κ2) is 6.83. The molecule has 4 saturated carbocycles. The Balaban J connectivity index is 1.12. The third-order valence-corrected chi connectivity index (χ3v) is 8.25. The molecule has 6 heteroatoms. The van der Waals surface area contributed by atoms with Crippen molar-refractivity contribution in [2.75, 3.05) is 13.2 Å². The number of ether oxygens (including phenoxy) is 2. The zero-order valence-electron chi connectivity index (χ0n) is 19.4. The zero-order chi connectivity index (χ0) is 22.1. The molecule has 5 aliphatic rings. The first-order chi connectivity index (χ1) is 15.3. The standard InChI is InChI=1S/C26H33N3O3/c1-24-10-17-11-25(2,14-24)16-26(12-17,15-24)32-9-8-27-23(30)21-19-13-31-20-7-5-4-6-18(20)22(19)29(3)28-21/h4-7,17H,8-16H2,1-3H3,(H,27,30)/t17?,24-,25+,26?. The van der Waals surface area contributed by atoms with E-state index in [2.05, 4.69) is 24.3 Å². The first kappa shape index (κ1) is 20.3. The fourth-order valence-corrected chi connectivity index (χ4v) is 8.18. The number of hydrogen-bond acceptors (Lipinski definition) is 4. The van der Waals surface area contributed by atoms with E-state index in [1.165, 1.54) is 38.5 Å². The van der Waals surface area contributed by atoms with Gasteiger partial charge in [0, 0.05) is 24.7 Å². The number of nitrogens with one attached hydrogen (secondary N) is 1. The molecular weight excluding hydrogens is 402 g/mol. The van der Waals surface area contributed by atoms with Crippen LogP contribution in [0.2, 0.25) is 0 Å². The van der Waals surface area contributed by atoms with Crippen LogP contribution in [0.3, 0.4) is 0 Å². The van der Waals surface area contributed by atoms with Crippen molar-refractivity contribution in [2.45, 2.75) is 64.6 Å². The normalized spacial score (nSPS) is 34.0. The Labute approximate surface area is 189 Å². The molecule has 2 heterocycles. The van der Waals surface area contributed by atoms with E-state index in [-0.39, 0.29) is 11.5 Å². The monoisotopic (exact) mass is 435 g/mol. The number of para-hydroxylation sites is 1. The summed E-state index contributed by atoms with van der Waals surface area (Å²) in [5.74, 6) is 1.48. The van der Waals surface area contributed by atoms with E-state index in [1.54, 1.807) is 4.68 Å². The third kappa shape index (κ3) is 3.18. The molecule has 1 aromatic heterocycles. The lowest BCUT2D eigenvalue weighted by molar-refractivity contribution is -0.213. The first-order valence-electron chi connectivity index (χ1n) is 12.0. The van der Waals surface area contributed by atoms with Crippen LogP contribution < -0.4 is 10.1 Å². The number of carbonyl (C=O) groups excluding carboxylic acids is 1. The maximum absolute atomic E-state index is 13.0. The summed E-state index contributed by atoms with van der Waals surface area (Å²) in [5, 5.41) is 7.57. The molecule has 2 unspecified atom stereocenters. The van der Waals surface area contributed by atoms with Gasteiger partial charge in [0.05, 0.1) is 17.9 Å². The van der Waals surface area contributed by atoms with Crippen molar-refractivity contribution in [2.24, 2.45) is 23.8 Å². The predicted octanol–water partition coefficient (Wildman–Crippen LogP) is 4.47. The number of benzene rings is 1. The van der Waals surface area contributed by atoms with Crippen molar-refractivity contribution in [3.8, 4) is 17.0 Å². The highest BCUT2D eigenvalue weighted by Gasteiger charge is 2.60. The lowest BCUT2D eigenvalue weighted by Gasteiger charge is -2.65. The van der Waals surface area contributed by atoms with Gasteiger partial charge in [-0.05, 0) is 67.4 Å². The summed E-state index contributed by atoms with van der Waals surface area (Å²) in [6.45, 7) is 6.33. The van der Waals surface area contributed by atoms with Crippen LogP contribution >= 0.6 is 0 Å². The highest BCUT2D eigenvalue weighted by Crippen LogP contribution is 2.67. The van der Waals surface area contributed by atoms with Crippen molar-refractivity contribution in [3.05, 3.63) is 35.5 Å². The molecule has 0 radical (unpaired) electrons. The summed E-state index contributed by atoms with van der Waals surface area (Å²) in [5.41, 5.74) is 4.12. The van der Waals surface area contributed by atoms with Gasteiger partial charge in [0.2, 0.25) is 0 Å². The number of fused-ring (bicyclic) bond motifs is 3. The Morgan fingerprint density at radius 2 is 1.94 bits per heavy atom. The minimum absolute atomic E-state index is 0.00928. The molecule has 32 heavy (non-hydrogen) atoms. The maximum atomic E-state index is 13.0. The van der Waals surface area contributed by atoms with Gasteiger partial charge in [-0.1, -0.05) is 26.0 Å². The number of hydrogen-bond donors (Lipinski definition) is 1. The number of aromatic nitrogens is 2. The van der Waals surface area contributed by atoms with Crippen LogP contribution in [0.25, 0.3) is 11.3 Å². The summed E-state index contributed by atoms with van der Waals surface area (Å²) in [6.07, 6.45) is 7.60. The molecule has 4 fully saturated rings. The molecule has 0 spiro atoms. The van der Waals surface area contributed by atoms with Gasteiger partial charge in [-0.15, -0.1) is 0 Å². The van der Waals surface area contributed by atoms with Crippen LogP contribution in [0.5, 0.6) is 5.75 Å². The van der Waals surface area contributed by atoms with Crippen LogP contribution in [-0.2, 0) is 18.4 Å². The largest absolute Gasteiger partial charge is 0.488 e.